The minimum atomic E-state index is -0.553. The van der Waals surface area contributed by atoms with Gasteiger partial charge in [0.2, 0.25) is 11.8 Å². The third-order valence-corrected chi connectivity index (χ3v) is 4.39. The predicted octanol–water partition coefficient (Wildman–Crippen LogP) is 3.78. The van der Waals surface area contributed by atoms with E-state index in [1.165, 1.54) is 12.1 Å². The molecule has 1 aliphatic rings. The summed E-state index contributed by atoms with van der Waals surface area (Å²) in [5.41, 5.74) is 0.645. The maximum atomic E-state index is 13.9. The lowest BCUT2D eigenvalue weighted by Gasteiger charge is -2.17. The minimum Gasteiger partial charge on any atom is -0.473 e. The van der Waals surface area contributed by atoms with Crippen molar-refractivity contribution in [3.05, 3.63) is 58.2 Å². The van der Waals surface area contributed by atoms with E-state index in [2.05, 4.69) is 25.8 Å². The van der Waals surface area contributed by atoms with E-state index in [0.717, 1.165) is 17.4 Å². The lowest BCUT2D eigenvalue weighted by atomic mass is 10.2. The Labute approximate surface area is 136 Å². The van der Waals surface area contributed by atoms with Crippen LogP contribution in [0.1, 0.15) is 12.0 Å². The maximum absolute atomic E-state index is 13.9. The number of halogens is 3. The van der Waals surface area contributed by atoms with Gasteiger partial charge in [0.05, 0.1) is 0 Å². The number of hydrogen-bond donors (Lipinski definition) is 0. The van der Waals surface area contributed by atoms with Crippen LogP contribution < -0.4 is 4.74 Å². The molecule has 0 radical (unpaired) electrons. The van der Waals surface area contributed by atoms with Gasteiger partial charge < -0.3 is 4.74 Å². The quantitative estimate of drug-likeness (QED) is 0.768. The number of ether oxygens (including phenoxy) is 1. The average molecular weight is 369 g/mol. The summed E-state index contributed by atoms with van der Waals surface area (Å²) in [6.07, 6.45) is 0.754. The predicted molar refractivity (Wildman–Crippen MR) is 82.6 cm³/mol. The van der Waals surface area contributed by atoms with Gasteiger partial charge in [-0.2, -0.15) is 9.37 Å². The molecule has 1 fully saturated rings. The van der Waals surface area contributed by atoms with Crippen LogP contribution in [0, 0.1) is 11.8 Å². The number of pyridine rings is 1. The van der Waals surface area contributed by atoms with Gasteiger partial charge in [-0.1, -0.05) is 28.1 Å². The topological polar surface area (TPSA) is 25.4 Å². The van der Waals surface area contributed by atoms with E-state index < -0.39 is 5.95 Å². The first-order valence-corrected chi connectivity index (χ1v) is 7.85. The van der Waals surface area contributed by atoms with Crippen molar-refractivity contribution in [2.24, 2.45) is 0 Å². The molecule has 116 valence electrons. The molecule has 3 rings (SSSR count). The van der Waals surface area contributed by atoms with Crippen LogP contribution in [0.2, 0.25) is 0 Å². The van der Waals surface area contributed by atoms with Crippen LogP contribution in [-0.2, 0) is 6.54 Å². The molecule has 0 amide bonds. The van der Waals surface area contributed by atoms with Gasteiger partial charge in [0.15, 0.2) is 0 Å². The summed E-state index contributed by atoms with van der Waals surface area (Å²) in [5, 5.41) is 0. The third-order valence-electron chi connectivity index (χ3n) is 3.65. The Morgan fingerprint density at radius 2 is 2.05 bits per heavy atom. The van der Waals surface area contributed by atoms with Gasteiger partial charge in [0.1, 0.15) is 11.9 Å². The lowest BCUT2D eigenvalue weighted by molar-refractivity contribution is 0.188. The van der Waals surface area contributed by atoms with E-state index in [-0.39, 0.29) is 11.9 Å². The molecule has 0 aliphatic carbocycles. The molecule has 2 heterocycles. The molecule has 22 heavy (non-hydrogen) atoms. The number of rotatable bonds is 4. The first-order valence-electron chi connectivity index (χ1n) is 7.06. The Kier molecular flexibility index (Phi) is 4.69. The van der Waals surface area contributed by atoms with Gasteiger partial charge in [-0.15, -0.1) is 0 Å². The second-order valence-corrected chi connectivity index (χ2v) is 6.12. The van der Waals surface area contributed by atoms with Crippen LogP contribution in [-0.4, -0.2) is 29.1 Å². The van der Waals surface area contributed by atoms with Crippen LogP contribution in [0.15, 0.2) is 40.9 Å². The summed E-state index contributed by atoms with van der Waals surface area (Å²) in [5.74, 6) is -0.480. The first kappa shape index (κ1) is 15.4. The van der Waals surface area contributed by atoms with Crippen molar-refractivity contribution >= 4 is 15.9 Å². The number of likely N-dealkylation sites (tertiary alicyclic amines) is 1. The molecular formula is C16H15BrF2N2O. The van der Waals surface area contributed by atoms with Gasteiger partial charge in [-0.3, -0.25) is 4.90 Å². The van der Waals surface area contributed by atoms with E-state index >= 15 is 0 Å². The van der Waals surface area contributed by atoms with Gasteiger partial charge in [0.25, 0.3) is 0 Å². The second kappa shape index (κ2) is 6.71. The van der Waals surface area contributed by atoms with Crippen molar-refractivity contribution < 1.29 is 13.5 Å². The number of hydrogen-bond acceptors (Lipinski definition) is 3. The van der Waals surface area contributed by atoms with Gasteiger partial charge in [-0.25, -0.2) is 4.39 Å². The molecular weight excluding hydrogens is 354 g/mol. The maximum Gasteiger partial charge on any atom is 0.216 e. The van der Waals surface area contributed by atoms with Crippen molar-refractivity contribution in [1.82, 2.24) is 9.88 Å². The van der Waals surface area contributed by atoms with E-state index in [1.807, 2.05) is 6.07 Å². The molecule has 0 bridgehead atoms. The van der Waals surface area contributed by atoms with Crippen LogP contribution in [0.3, 0.4) is 0 Å². The summed E-state index contributed by atoms with van der Waals surface area (Å²) in [7, 11) is 0. The highest BCUT2D eigenvalue weighted by molar-refractivity contribution is 9.10. The van der Waals surface area contributed by atoms with Crippen molar-refractivity contribution in [3.8, 4) is 5.88 Å². The molecule has 1 aliphatic heterocycles. The number of benzene rings is 1. The van der Waals surface area contributed by atoms with E-state index in [1.54, 1.807) is 18.2 Å². The van der Waals surface area contributed by atoms with E-state index in [0.29, 0.717) is 24.5 Å². The number of nitrogens with zero attached hydrogens (tertiary/aromatic N) is 2. The minimum absolute atomic E-state index is 0.0557. The third kappa shape index (κ3) is 3.62. The van der Waals surface area contributed by atoms with Crippen molar-refractivity contribution in [3.63, 3.8) is 0 Å². The van der Waals surface area contributed by atoms with Crippen LogP contribution in [0.25, 0.3) is 0 Å². The highest BCUT2D eigenvalue weighted by Crippen LogP contribution is 2.24. The fraction of sp³-hybridized carbons (Fsp3) is 0.312. The van der Waals surface area contributed by atoms with Crippen LogP contribution in [0.4, 0.5) is 8.78 Å². The number of aromatic nitrogens is 1. The molecule has 1 saturated heterocycles. The molecule has 1 unspecified atom stereocenters. The molecule has 2 aromatic rings. The standard InChI is InChI=1S/C16H15BrF2N2O/c17-13-3-1-4-14(18)12(13)10-21-8-7-11(9-21)22-16-6-2-5-15(19)20-16/h1-6,11H,7-10H2. The lowest BCUT2D eigenvalue weighted by Crippen LogP contribution is -2.25. The Morgan fingerprint density at radius 1 is 1.23 bits per heavy atom. The fourth-order valence-corrected chi connectivity index (χ4v) is 3.04. The van der Waals surface area contributed by atoms with Crippen molar-refractivity contribution in [2.75, 3.05) is 13.1 Å². The highest BCUT2D eigenvalue weighted by atomic mass is 79.9. The molecule has 1 atom stereocenters. The zero-order valence-corrected chi connectivity index (χ0v) is 13.4. The van der Waals surface area contributed by atoms with Crippen LogP contribution in [0.5, 0.6) is 5.88 Å². The second-order valence-electron chi connectivity index (χ2n) is 5.26. The summed E-state index contributed by atoms with van der Waals surface area (Å²) < 4.78 is 33.4. The Hall–Kier alpha value is -1.53. The van der Waals surface area contributed by atoms with Gasteiger partial charge in [-0.05, 0) is 24.6 Å². The molecule has 0 N–H and O–H groups in total. The smallest absolute Gasteiger partial charge is 0.216 e. The SMILES string of the molecule is Fc1cccc(OC2CCN(Cc3c(F)cccc3Br)C2)n1. The van der Waals surface area contributed by atoms with Crippen molar-refractivity contribution in [2.45, 2.75) is 19.1 Å². The molecule has 0 saturated carbocycles. The molecule has 3 nitrogen and oxygen atoms in total. The highest BCUT2D eigenvalue weighted by Gasteiger charge is 2.25. The largest absolute Gasteiger partial charge is 0.473 e. The summed E-state index contributed by atoms with van der Waals surface area (Å²) in [6.45, 7) is 1.99. The first-order chi connectivity index (χ1) is 10.6. The Bertz CT molecular complexity index is 648. The zero-order chi connectivity index (χ0) is 15.5. The summed E-state index contributed by atoms with van der Waals surface area (Å²) in [4.78, 5) is 5.82. The fourth-order valence-electron chi connectivity index (χ4n) is 2.57. The van der Waals surface area contributed by atoms with Crippen LogP contribution >= 0.6 is 15.9 Å². The Morgan fingerprint density at radius 3 is 2.82 bits per heavy atom. The summed E-state index contributed by atoms with van der Waals surface area (Å²) >= 11 is 3.38. The normalized spacial score (nSPS) is 18.6. The molecule has 1 aromatic carbocycles. The molecule has 0 spiro atoms. The van der Waals surface area contributed by atoms with Gasteiger partial charge in [0, 0.05) is 35.7 Å². The van der Waals surface area contributed by atoms with Crippen molar-refractivity contribution in [1.29, 1.82) is 0 Å². The summed E-state index contributed by atoms with van der Waals surface area (Å²) in [6, 6.07) is 9.46. The zero-order valence-electron chi connectivity index (χ0n) is 11.8. The molecule has 6 heteroatoms. The van der Waals surface area contributed by atoms with E-state index in [9.17, 15) is 8.78 Å². The van der Waals surface area contributed by atoms with E-state index in [4.69, 9.17) is 4.74 Å². The molecule has 1 aromatic heterocycles. The monoisotopic (exact) mass is 368 g/mol. The Balaban J connectivity index is 1.61. The average Bonchev–Trinajstić information content (AvgIpc) is 2.90. The van der Waals surface area contributed by atoms with Gasteiger partial charge >= 0.3 is 0 Å².